The van der Waals surface area contributed by atoms with Crippen molar-refractivity contribution in [3.8, 4) is 6.07 Å². The van der Waals surface area contributed by atoms with Gasteiger partial charge in [-0.25, -0.2) is 9.78 Å². The lowest BCUT2D eigenvalue weighted by Gasteiger charge is -2.47. The number of hydrogen-bond acceptors (Lipinski definition) is 7. The summed E-state index contributed by atoms with van der Waals surface area (Å²) in [4.78, 5) is 41.4. The molecule has 3 atom stereocenters. The SMILES string of the molecule is CCn1c(CC#N)nc2c(N3C[C@@H](C)N(C(C)c4ccc5c(c4)C(=O)N(C)CC5)C[C@@H]3C)nc(=O)n(C)c21. The molecule has 2 aromatic heterocycles. The molecule has 10 heteroatoms. The average Bonchev–Trinajstić information content (AvgIpc) is 3.27. The highest BCUT2D eigenvalue weighted by Gasteiger charge is 2.35. The van der Waals surface area contributed by atoms with Crippen molar-refractivity contribution < 1.29 is 4.79 Å². The van der Waals surface area contributed by atoms with Crippen molar-refractivity contribution in [2.45, 2.75) is 65.2 Å². The van der Waals surface area contributed by atoms with Gasteiger partial charge in [-0.1, -0.05) is 12.1 Å². The third-order valence-electron chi connectivity index (χ3n) is 8.30. The van der Waals surface area contributed by atoms with Crippen LogP contribution < -0.4 is 10.6 Å². The lowest BCUT2D eigenvalue weighted by molar-refractivity contribution is 0.0780. The fourth-order valence-electron chi connectivity index (χ4n) is 6.07. The zero-order valence-electron chi connectivity index (χ0n) is 23.1. The number of hydrogen-bond donors (Lipinski definition) is 0. The van der Waals surface area contributed by atoms with Crippen molar-refractivity contribution >= 4 is 22.9 Å². The van der Waals surface area contributed by atoms with E-state index < -0.39 is 0 Å². The molecule has 38 heavy (non-hydrogen) atoms. The van der Waals surface area contributed by atoms with E-state index in [1.807, 2.05) is 18.5 Å². The van der Waals surface area contributed by atoms with E-state index in [2.05, 4.69) is 59.8 Å². The molecular weight excluding hydrogens is 480 g/mol. The Morgan fingerprint density at radius 1 is 1.13 bits per heavy atom. The second-order valence-corrected chi connectivity index (χ2v) is 10.7. The first-order chi connectivity index (χ1) is 18.2. The molecule has 1 unspecified atom stereocenters. The highest BCUT2D eigenvalue weighted by Crippen LogP contribution is 2.33. The number of fused-ring (bicyclic) bond motifs is 2. The van der Waals surface area contributed by atoms with Gasteiger partial charge in [-0.05, 0) is 51.3 Å². The Hall–Kier alpha value is -3.71. The molecule has 200 valence electrons. The minimum atomic E-state index is -0.329. The maximum absolute atomic E-state index is 12.9. The number of likely N-dealkylation sites (N-methyl/N-ethyl adjacent to an activating group) is 1. The largest absolute Gasteiger partial charge is 0.350 e. The number of nitrogens with zero attached hydrogens (tertiary/aromatic N) is 8. The van der Waals surface area contributed by atoms with Crippen LogP contribution >= 0.6 is 0 Å². The zero-order chi connectivity index (χ0) is 27.3. The molecule has 0 bridgehead atoms. The van der Waals surface area contributed by atoms with Gasteiger partial charge in [-0.15, -0.1) is 0 Å². The van der Waals surface area contributed by atoms with E-state index in [-0.39, 0.29) is 36.1 Å². The molecule has 1 aromatic carbocycles. The summed E-state index contributed by atoms with van der Waals surface area (Å²) in [5.41, 5.74) is 4.11. The van der Waals surface area contributed by atoms with E-state index in [1.165, 1.54) is 4.57 Å². The smallest absolute Gasteiger partial charge is 0.349 e. The highest BCUT2D eigenvalue weighted by atomic mass is 16.2. The molecule has 1 amide bonds. The van der Waals surface area contributed by atoms with Crippen molar-refractivity contribution in [2.24, 2.45) is 7.05 Å². The standard InChI is InChI=1S/C28H36N8O2/c1-7-34-23(10-12-29)30-24-25(31-28(38)33(6)26(24)34)36-16-17(2)35(15-18(36)3)19(4)21-9-8-20-11-13-32(5)27(37)22(20)14-21/h8-9,14,17-19H,7,10-11,13,15-16H2,1-6H3/t17-,18+,19?/m1/s1. The summed E-state index contributed by atoms with van der Waals surface area (Å²) in [7, 11) is 3.57. The van der Waals surface area contributed by atoms with Crippen molar-refractivity contribution in [3.63, 3.8) is 0 Å². The van der Waals surface area contributed by atoms with Crippen LogP contribution in [0.4, 0.5) is 5.82 Å². The molecule has 2 aliphatic heterocycles. The topological polar surface area (TPSA) is 103 Å². The van der Waals surface area contributed by atoms with Crippen LogP contribution in [-0.4, -0.2) is 73.6 Å². The molecule has 2 aliphatic rings. The summed E-state index contributed by atoms with van der Waals surface area (Å²) in [5.74, 6) is 1.33. The minimum Gasteiger partial charge on any atom is -0.349 e. The van der Waals surface area contributed by atoms with Crippen molar-refractivity contribution in [3.05, 3.63) is 51.2 Å². The van der Waals surface area contributed by atoms with Gasteiger partial charge in [0.1, 0.15) is 17.0 Å². The highest BCUT2D eigenvalue weighted by molar-refractivity contribution is 5.96. The lowest BCUT2D eigenvalue weighted by Crippen LogP contribution is -2.57. The second-order valence-electron chi connectivity index (χ2n) is 10.7. The normalized spacial score (nSPS) is 21.0. The Kier molecular flexibility index (Phi) is 6.73. The molecule has 0 N–H and O–H groups in total. The van der Waals surface area contributed by atoms with Crippen molar-refractivity contribution in [1.82, 2.24) is 28.9 Å². The Balaban J connectivity index is 1.46. The van der Waals surface area contributed by atoms with Gasteiger partial charge in [0.25, 0.3) is 5.91 Å². The van der Waals surface area contributed by atoms with Crippen LogP contribution in [0.5, 0.6) is 0 Å². The maximum Gasteiger partial charge on any atom is 0.350 e. The Bertz CT molecular complexity index is 1500. The molecule has 3 aromatic rings. The Morgan fingerprint density at radius 2 is 1.89 bits per heavy atom. The van der Waals surface area contributed by atoms with Crippen molar-refractivity contribution in [1.29, 1.82) is 5.26 Å². The van der Waals surface area contributed by atoms with Crippen LogP contribution in [0.1, 0.15) is 61.0 Å². The van der Waals surface area contributed by atoms with Gasteiger partial charge in [-0.3, -0.25) is 14.3 Å². The van der Waals surface area contributed by atoms with Gasteiger partial charge in [0, 0.05) is 64.0 Å². The fourth-order valence-corrected chi connectivity index (χ4v) is 6.07. The number of piperazine rings is 1. The van der Waals surface area contributed by atoms with E-state index in [4.69, 9.17) is 4.98 Å². The van der Waals surface area contributed by atoms with Gasteiger partial charge < -0.3 is 14.4 Å². The van der Waals surface area contributed by atoms with Crippen LogP contribution in [0.2, 0.25) is 0 Å². The summed E-state index contributed by atoms with van der Waals surface area (Å²) in [5, 5.41) is 9.33. The third-order valence-corrected chi connectivity index (χ3v) is 8.30. The predicted octanol–water partition coefficient (Wildman–Crippen LogP) is 2.50. The monoisotopic (exact) mass is 516 g/mol. The van der Waals surface area contributed by atoms with Crippen LogP contribution in [0.25, 0.3) is 11.2 Å². The molecule has 10 nitrogen and oxygen atoms in total. The zero-order valence-corrected chi connectivity index (χ0v) is 23.1. The van der Waals surface area contributed by atoms with E-state index in [0.717, 1.165) is 36.2 Å². The van der Waals surface area contributed by atoms with Gasteiger partial charge in [0.15, 0.2) is 5.82 Å². The molecule has 0 saturated carbocycles. The third kappa shape index (κ3) is 4.15. The second kappa shape index (κ2) is 9.87. The Labute approximate surface area is 223 Å². The number of carbonyl (C=O) groups excluding carboxylic acids is 1. The maximum atomic E-state index is 12.9. The van der Waals surface area contributed by atoms with Crippen LogP contribution in [0.3, 0.4) is 0 Å². The van der Waals surface area contributed by atoms with E-state index >= 15 is 0 Å². The summed E-state index contributed by atoms with van der Waals surface area (Å²) in [6, 6.07) is 8.90. The van der Waals surface area contributed by atoms with Gasteiger partial charge in [0.2, 0.25) is 0 Å². The first-order valence-electron chi connectivity index (χ1n) is 13.4. The quantitative estimate of drug-likeness (QED) is 0.513. The average molecular weight is 517 g/mol. The number of aromatic nitrogens is 4. The number of rotatable bonds is 5. The van der Waals surface area contributed by atoms with Gasteiger partial charge in [0.05, 0.1) is 12.5 Å². The number of anilines is 1. The molecule has 0 radical (unpaired) electrons. The fraction of sp³-hybridized carbons (Fsp3) is 0.536. The van der Waals surface area contributed by atoms with Crippen LogP contribution in [0.15, 0.2) is 23.0 Å². The molecule has 1 saturated heterocycles. The number of amides is 1. The number of benzene rings is 1. The van der Waals surface area contributed by atoms with Crippen LogP contribution in [-0.2, 0) is 26.4 Å². The van der Waals surface area contributed by atoms with E-state index in [9.17, 15) is 14.9 Å². The summed E-state index contributed by atoms with van der Waals surface area (Å²) in [6.45, 7) is 11.3. The number of imidazole rings is 1. The number of nitriles is 1. The molecule has 0 aliphatic carbocycles. The molecule has 4 heterocycles. The molecule has 5 rings (SSSR count). The first kappa shape index (κ1) is 25.9. The molecular formula is C28H36N8O2. The summed E-state index contributed by atoms with van der Waals surface area (Å²) < 4.78 is 3.46. The summed E-state index contributed by atoms with van der Waals surface area (Å²) >= 11 is 0. The molecule has 1 fully saturated rings. The van der Waals surface area contributed by atoms with Crippen LogP contribution in [0, 0.1) is 11.3 Å². The van der Waals surface area contributed by atoms with Crippen molar-refractivity contribution in [2.75, 3.05) is 31.6 Å². The minimum absolute atomic E-state index is 0.0769. The van der Waals surface area contributed by atoms with E-state index in [1.54, 1.807) is 11.9 Å². The Morgan fingerprint density at radius 3 is 2.61 bits per heavy atom. The van der Waals surface area contributed by atoms with Gasteiger partial charge in [-0.2, -0.15) is 10.2 Å². The molecule has 0 spiro atoms. The first-order valence-corrected chi connectivity index (χ1v) is 13.4. The summed E-state index contributed by atoms with van der Waals surface area (Å²) in [6.07, 6.45) is 1.06. The lowest BCUT2D eigenvalue weighted by atomic mass is 9.93. The van der Waals surface area contributed by atoms with E-state index in [0.29, 0.717) is 35.9 Å². The number of aryl methyl sites for hydroxylation is 2. The predicted molar refractivity (Wildman–Crippen MR) is 146 cm³/mol. The van der Waals surface area contributed by atoms with Gasteiger partial charge >= 0.3 is 5.69 Å². The number of carbonyl (C=O) groups is 1.